The third-order valence-electron chi connectivity index (χ3n) is 4.47. The van der Waals surface area contributed by atoms with Crippen LogP contribution in [-0.4, -0.2) is 41.6 Å². The van der Waals surface area contributed by atoms with Crippen molar-refractivity contribution in [2.75, 3.05) is 24.6 Å². The van der Waals surface area contributed by atoms with Gasteiger partial charge in [-0.25, -0.2) is 0 Å². The zero-order chi connectivity index (χ0) is 12.1. The van der Waals surface area contributed by atoms with Gasteiger partial charge in [0.2, 0.25) is 0 Å². The Hall–Kier alpha value is 0.270. The SMILES string of the molecule is CCCC1CCCCN1C(CN)C1CCSC1. The monoisotopic (exact) mass is 256 g/mol. The maximum absolute atomic E-state index is 6.09. The van der Waals surface area contributed by atoms with E-state index in [0.29, 0.717) is 6.04 Å². The van der Waals surface area contributed by atoms with Gasteiger partial charge in [-0.3, -0.25) is 4.90 Å². The summed E-state index contributed by atoms with van der Waals surface area (Å²) in [6.07, 6.45) is 8.30. The van der Waals surface area contributed by atoms with E-state index in [9.17, 15) is 0 Å². The molecular formula is C14H28N2S. The molecule has 17 heavy (non-hydrogen) atoms. The molecule has 0 aromatic heterocycles. The molecule has 0 aliphatic carbocycles. The standard InChI is InChI=1S/C14H28N2S/c1-2-5-13-6-3-4-8-16(13)14(10-15)12-7-9-17-11-12/h12-14H,2-11,15H2,1H3. The molecule has 2 nitrogen and oxygen atoms in total. The highest BCUT2D eigenvalue weighted by Crippen LogP contribution is 2.32. The Morgan fingerprint density at radius 2 is 2.24 bits per heavy atom. The van der Waals surface area contributed by atoms with Crippen molar-refractivity contribution in [3.63, 3.8) is 0 Å². The van der Waals surface area contributed by atoms with E-state index in [-0.39, 0.29) is 0 Å². The molecule has 0 saturated carbocycles. The number of piperidine rings is 1. The summed E-state index contributed by atoms with van der Waals surface area (Å²) in [5, 5.41) is 0. The molecule has 2 heterocycles. The number of hydrogen-bond acceptors (Lipinski definition) is 3. The molecule has 3 atom stereocenters. The van der Waals surface area contributed by atoms with E-state index >= 15 is 0 Å². The Balaban J connectivity index is 1.99. The third-order valence-corrected chi connectivity index (χ3v) is 5.66. The lowest BCUT2D eigenvalue weighted by atomic mass is 9.90. The Labute approximate surface area is 111 Å². The second-order valence-electron chi connectivity index (χ2n) is 5.60. The van der Waals surface area contributed by atoms with Gasteiger partial charge in [0, 0.05) is 18.6 Å². The van der Waals surface area contributed by atoms with Crippen molar-refractivity contribution < 1.29 is 0 Å². The van der Waals surface area contributed by atoms with Crippen LogP contribution in [0.15, 0.2) is 0 Å². The predicted octanol–water partition coefficient (Wildman–Crippen LogP) is 2.72. The minimum Gasteiger partial charge on any atom is -0.329 e. The van der Waals surface area contributed by atoms with Crippen molar-refractivity contribution >= 4 is 11.8 Å². The highest BCUT2D eigenvalue weighted by atomic mass is 32.2. The smallest absolute Gasteiger partial charge is 0.0257 e. The lowest BCUT2D eigenvalue weighted by Crippen LogP contribution is -2.52. The Morgan fingerprint density at radius 1 is 1.35 bits per heavy atom. The van der Waals surface area contributed by atoms with Gasteiger partial charge in [-0.05, 0) is 49.7 Å². The van der Waals surface area contributed by atoms with E-state index in [0.717, 1.165) is 18.5 Å². The summed E-state index contributed by atoms with van der Waals surface area (Å²) in [5.41, 5.74) is 6.09. The highest BCUT2D eigenvalue weighted by molar-refractivity contribution is 7.99. The van der Waals surface area contributed by atoms with Crippen LogP contribution in [0.2, 0.25) is 0 Å². The molecule has 0 bridgehead atoms. The van der Waals surface area contributed by atoms with E-state index in [4.69, 9.17) is 5.73 Å². The van der Waals surface area contributed by atoms with Crippen LogP contribution in [0.1, 0.15) is 45.4 Å². The van der Waals surface area contributed by atoms with Crippen LogP contribution in [0.4, 0.5) is 0 Å². The molecule has 3 unspecified atom stereocenters. The number of rotatable bonds is 5. The molecule has 2 N–H and O–H groups in total. The second-order valence-corrected chi connectivity index (χ2v) is 6.75. The normalized spacial score (nSPS) is 32.8. The van der Waals surface area contributed by atoms with E-state index < -0.39 is 0 Å². The molecule has 2 aliphatic heterocycles. The summed E-state index contributed by atoms with van der Waals surface area (Å²) < 4.78 is 0. The van der Waals surface area contributed by atoms with Crippen LogP contribution < -0.4 is 5.73 Å². The molecule has 2 rings (SSSR count). The van der Waals surface area contributed by atoms with Crippen LogP contribution >= 0.6 is 11.8 Å². The lowest BCUT2D eigenvalue weighted by molar-refractivity contribution is 0.0657. The summed E-state index contributed by atoms with van der Waals surface area (Å²) in [5.74, 6) is 3.56. The minimum atomic E-state index is 0.668. The fourth-order valence-electron chi connectivity index (χ4n) is 3.56. The van der Waals surface area contributed by atoms with Crippen molar-refractivity contribution in [1.82, 2.24) is 4.90 Å². The van der Waals surface area contributed by atoms with Gasteiger partial charge in [0.25, 0.3) is 0 Å². The summed E-state index contributed by atoms with van der Waals surface area (Å²) in [4.78, 5) is 2.78. The predicted molar refractivity (Wildman–Crippen MR) is 77.5 cm³/mol. The first kappa shape index (κ1) is 13.7. The fourth-order valence-corrected chi connectivity index (χ4v) is 4.89. The van der Waals surface area contributed by atoms with E-state index in [1.165, 1.54) is 56.6 Å². The van der Waals surface area contributed by atoms with Gasteiger partial charge in [-0.1, -0.05) is 19.8 Å². The van der Waals surface area contributed by atoms with Crippen LogP contribution in [0.5, 0.6) is 0 Å². The molecule has 2 aliphatic rings. The number of nitrogens with zero attached hydrogens (tertiary/aromatic N) is 1. The maximum Gasteiger partial charge on any atom is 0.0257 e. The van der Waals surface area contributed by atoms with Crippen molar-refractivity contribution in [2.24, 2.45) is 11.7 Å². The number of nitrogens with two attached hydrogens (primary N) is 1. The first-order valence-electron chi connectivity index (χ1n) is 7.40. The zero-order valence-electron chi connectivity index (χ0n) is 11.2. The summed E-state index contributed by atoms with van der Waals surface area (Å²) in [7, 11) is 0. The quantitative estimate of drug-likeness (QED) is 0.820. The van der Waals surface area contributed by atoms with Crippen LogP contribution in [0, 0.1) is 5.92 Å². The topological polar surface area (TPSA) is 29.3 Å². The van der Waals surface area contributed by atoms with Crippen molar-refractivity contribution in [2.45, 2.75) is 57.5 Å². The number of thioether (sulfide) groups is 1. The summed E-state index contributed by atoms with van der Waals surface area (Å²) >= 11 is 2.12. The molecular weight excluding hydrogens is 228 g/mol. The molecule has 3 heteroatoms. The molecule has 0 spiro atoms. The van der Waals surface area contributed by atoms with Gasteiger partial charge in [0.15, 0.2) is 0 Å². The van der Waals surface area contributed by atoms with Gasteiger partial charge in [-0.15, -0.1) is 0 Å². The third kappa shape index (κ3) is 3.39. The maximum atomic E-state index is 6.09. The molecule has 100 valence electrons. The van der Waals surface area contributed by atoms with Crippen LogP contribution in [0.3, 0.4) is 0 Å². The molecule has 2 fully saturated rings. The van der Waals surface area contributed by atoms with Gasteiger partial charge >= 0.3 is 0 Å². The molecule has 0 radical (unpaired) electrons. The molecule has 2 saturated heterocycles. The number of hydrogen-bond donors (Lipinski definition) is 1. The second kappa shape index (κ2) is 7.01. The first-order chi connectivity index (χ1) is 8.36. The zero-order valence-corrected chi connectivity index (χ0v) is 12.1. The fraction of sp³-hybridized carbons (Fsp3) is 1.00. The van der Waals surface area contributed by atoms with Gasteiger partial charge in [0.1, 0.15) is 0 Å². The van der Waals surface area contributed by atoms with Crippen molar-refractivity contribution in [3.05, 3.63) is 0 Å². The first-order valence-corrected chi connectivity index (χ1v) is 8.55. The highest BCUT2D eigenvalue weighted by Gasteiger charge is 2.33. The van der Waals surface area contributed by atoms with E-state index in [1.54, 1.807) is 0 Å². The molecule has 0 amide bonds. The number of likely N-dealkylation sites (tertiary alicyclic amines) is 1. The minimum absolute atomic E-state index is 0.668. The van der Waals surface area contributed by atoms with Crippen molar-refractivity contribution in [1.29, 1.82) is 0 Å². The summed E-state index contributed by atoms with van der Waals surface area (Å²) in [6.45, 7) is 4.48. The molecule has 0 aromatic carbocycles. The Morgan fingerprint density at radius 3 is 2.88 bits per heavy atom. The lowest BCUT2D eigenvalue weighted by Gasteiger charge is -2.43. The van der Waals surface area contributed by atoms with Crippen molar-refractivity contribution in [3.8, 4) is 0 Å². The van der Waals surface area contributed by atoms with E-state index in [2.05, 4.69) is 23.6 Å². The molecule has 0 aromatic rings. The average Bonchev–Trinajstić information content (AvgIpc) is 2.86. The summed E-state index contributed by atoms with van der Waals surface area (Å²) in [6, 6.07) is 1.50. The van der Waals surface area contributed by atoms with Gasteiger partial charge in [-0.2, -0.15) is 11.8 Å². The Bertz CT molecular complexity index is 214. The van der Waals surface area contributed by atoms with E-state index in [1.807, 2.05) is 0 Å². The van der Waals surface area contributed by atoms with Crippen LogP contribution in [0.25, 0.3) is 0 Å². The largest absolute Gasteiger partial charge is 0.329 e. The Kier molecular flexibility index (Phi) is 5.64. The van der Waals surface area contributed by atoms with Crippen LogP contribution in [-0.2, 0) is 0 Å². The average molecular weight is 256 g/mol. The van der Waals surface area contributed by atoms with Gasteiger partial charge < -0.3 is 5.73 Å². The van der Waals surface area contributed by atoms with Gasteiger partial charge in [0.05, 0.1) is 0 Å².